The molecule has 0 amide bonds. The number of aryl methyl sites for hydroxylation is 1. The number of Topliss-reactive ketones (excluding diaryl/α,β-unsaturated/α-hetero) is 1. The number of hydrogen-bond acceptors (Lipinski definition) is 4. The van der Waals surface area contributed by atoms with Crippen LogP contribution in [0.5, 0.6) is 0 Å². The molecule has 170 valence electrons. The van der Waals surface area contributed by atoms with Crippen molar-refractivity contribution in [3.8, 4) is 0 Å². The summed E-state index contributed by atoms with van der Waals surface area (Å²) >= 11 is 0. The van der Waals surface area contributed by atoms with E-state index in [2.05, 4.69) is 0 Å². The van der Waals surface area contributed by atoms with Gasteiger partial charge in [0, 0.05) is 28.5 Å². The Hall–Kier alpha value is -3.62. The molecule has 3 N–H and O–H groups in total. The summed E-state index contributed by atoms with van der Waals surface area (Å²) in [6.07, 6.45) is 3.70. The first-order chi connectivity index (χ1) is 15.7. The number of carboxylic acids is 1. The van der Waals surface area contributed by atoms with Crippen LogP contribution in [0.25, 0.3) is 16.5 Å². The Labute approximate surface area is 187 Å². The van der Waals surface area contributed by atoms with Crippen molar-refractivity contribution in [3.05, 3.63) is 88.1 Å². The lowest BCUT2D eigenvalue weighted by Crippen LogP contribution is -2.14. The van der Waals surface area contributed by atoms with Crippen LogP contribution in [0.3, 0.4) is 0 Å². The van der Waals surface area contributed by atoms with Crippen LogP contribution in [-0.4, -0.2) is 38.2 Å². The number of carbonyl (C=O) groups excluding carboxylic acids is 1. The second-order valence-electron chi connectivity index (χ2n) is 7.92. The molecule has 0 aliphatic heterocycles. The third-order valence-electron chi connectivity index (χ3n) is 5.77. The van der Waals surface area contributed by atoms with Gasteiger partial charge in [0.05, 0.1) is 18.7 Å². The fourth-order valence-corrected chi connectivity index (χ4v) is 4.10. The van der Waals surface area contributed by atoms with Crippen molar-refractivity contribution in [2.45, 2.75) is 26.0 Å². The average Bonchev–Trinajstić information content (AvgIpc) is 3.08. The van der Waals surface area contributed by atoms with Gasteiger partial charge in [-0.2, -0.15) is 0 Å². The van der Waals surface area contributed by atoms with E-state index in [0.29, 0.717) is 5.39 Å². The molecule has 0 fully saturated rings. The molecule has 4 rings (SSSR count). The predicted molar refractivity (Wildman–Crippen MR) is 118 cm³/mol. The van der Waals surface area contributed by atoms with Crippen molar-refractivity contribution in [2.75, 3.05) is 6.61 Å². The lowest BCUT2D eigenvalue weighted by atomic mass is 9.93. The maximum absolute atomic E-state index is 14.7. The quantitative estimate of drug-likeness (QED) is 0.526. The molecule has 0 spiro atoms. The molecule has 1 aromatic heterocycles. The van der Waals surface area contributed by atoms with Gasteiger partial charge in [-0.25, -0.2) is 13.6 Å². The molecule has 1 heterocycles. The van der Waals surface area contributed by atoms with Gasteiger partial charge < -0.3 is 19.9 Å². The minimum Gasteiger partial charge on any atom is -0.477 e. The Balaban J connectivity index is 2.01. The van der Waals surface area contributed by atoms with Crippen LogP contribution in [0.4, 0.5) is 8.78 Å². The number of benzene rings is 2. The molecule has 1 aliphatic carbocycles. The number of ketones is 1. The molecule has 33 heavy (non-hydrogen) atoms. The van der Waals surface area contributed by atoms with Crippen molar-refractivity contribution in [1.29, 1.82) is 0 Å². The number of rotatable bonds is 6. The summed E-state index contributed by atoms with van der Waals surface area (Å²) in [5, 5.41) is 29.6. The van der Waals surface area contributed by atoms with E-state index in [9.17, 15) is 33.7 Å². The second kappa shape index (κ2) is 8.73. The molecular weight excluding hydrogens is 432 g/mol. The van der Waals surface area contributed by atoms with Crippen molar-refractivity contribution in [1.82, 2.24) is 4.57 Å². The Morgan fingerprint density at radius 2 is 1.94 bits per heavy atom. The topological polar surface area (TPSA) is 99.8 Å². The number of aromatic carboxylic acids is 1. The highest BCUT2D eigenvalue weighted by molar-refractivity contribution is 6.27. The second-order valence-corrected chi connectivity index (χ2v) is 7.92. The van der Waals surface area contributed by atoms with E-state index >= 15 is 0 Å². The zero-order valence-electron chi connectivity index (χ0n) is 17.7. The van der Waals surface area contributed by atoms with Crippen molar-refractivity contribution >= 4 is 28.2 Å². The molecule has 3 aromatic rings. The van der Waals surface area contributed by atoms with E-state index in [1.165, 1.54) is 41.8 Å². The van der Waals surface area contributed by atoms with E-state index in [1.54, 1.807) is 12.2 Å². The van der Waals surface area contributed by atoms with Crippen molar-refractivity contribution in [3.63, 3.8) is 0 Å². The molecule has 1 atom stereocenters. The number of aliphatic hydroxyl groups is 2. The highest BCUT2D eigenvalue weighted by Crippen LogP contribution is 2.36. The molecule has 0 radical (unpaired) electrons. The summed E-state index contributed by atoms with van der Waals surface area (Å²) in [4.78, 5) is 25.0. The zero-order chi connectivity index (χ0) is 23.9. The van der Waals surface area contributed by atoms with E-state index in [4.69, 9.17) is 0 Å². The number of aliphatic hydroxyl groups excluding tert-OH is 2. The van der Waals surface area contributed by atoms with Gasteiger partial charge in [-0.15, -0.1) is 0 Å². The summed E-state index contributed by atoms with van der Waals surface area (Å²) in [5.74, 6) is -2.86. The molecule has 0 bridgehead atoms. The Morgan fingerprint density at radius 3 is 2.61 bits per heavy atom. The predicted octanol–water partition coefficient (Wildman–Crippen LogP) is 3.91. The van der Waals surface area contributed by atoms with E-state index < -0.39 is 30.3 Å². The van der Waals surface area contributed by atoms with Gasteiger partial charge in [-0.3, -0.25) is 4.79 Å². The molecule has 6 nitrogen and oxygen atoms in total. The minimum absolute atomic E-state index is 0.0378. The first-order valence-corrected chi connectivity index (χ1v) is 10.3. The summed E-state index contributed by atoms with van der Waals surface area (Å²) < 4.78 is 30.5. The number of nitrogens with zero attached hydrogens (tertiary/aromatic N) is 1. The summed E-state index contributed by atoms with van der Waals surface area (Å²) in [5.41, 5.74) is 0.835. The molecule has 1 aliphatic rings. The molecule has 8 heteroatoms. The first-order valence-electron chi connectivity index (χ1n) is 10.3. The van der Waals surface area contributed by atoms with Gasteiger partial charge in [0.2, 0.25) is 0 Å². The molecule has 1 unspecified atom stereocenters. The van der Waals surface area contributed by atoms with Crippen LogP contribution in [0.1, 0.15) is 45.3 Å². The summed E-state index contributed by atoms with van der Waals surface area (Å²) in [7, 11) is 0. The van der Waals surface area contributed by atoms with Gasteiger partial charge in [0.1, 0.15) is 23.4 Å². The van der Waals surface area contributed by atoms with Crippen LogP contribution in [0.15, 0.2) is 48.6 Å². The standard InChI is InChI=1S/C25H21F2NO5/c1-13-8-17-20(10-19(13)27)28(11-15-9-14(22(31)12-29)6-7-18(15)26)24(25(32)33)23(17)16-4-2-3-5-21(16)30/h2-4,6-10,22,29,31H,5,11-12H2,1H3,(H,32,33). The minimum atomic E-state index is -1.35. The third-order valence-corrected chi connectivity index (χ3v) is 5.77. The van der Waals surface area contributed by atoms with E-state index in [0.717, 1.165) is 6.07 Å². The van der Waals surface area contributed by atoms with Crippen molar-refractivity contribution < 1.29 is 33.7 Å². The number of halogens is 2. The van der Waals surface area contributed by atoms with Gasteiger partial charge in [-0.05, 0) is 42.3 Å². The Bertz CT molecular complexity index is 1350. The Kier molecular flexibility index (Phi) is 5.97. The van der Waals surface area contributed by atoms with Crippen LogP contribution >= 0.6 is 0 Å². The van der Waals surface area contributed by atoms with E-state index in [1.807, 2.05) is 0 Å². The zero-order valence-corrected chi connectivity index (χ0v) is 17.7. The van der Waals surface area contributed by atoms with Crippen LogP contribution in [0, 0.1) is 18.6 Å². The number of hydrogen-bond donors (Lipinski definition) is 3. The SMILES string of the molecule is Cc1cc2c(C3=CC=CCC3=O)c(C(=O)O)n(Cc3cc(C(O)CO)ccc3F)c2cc1F. The maximum atomic E-state index is 14.7. The fraction of sp³-hybridized carbons (Fsp3) is 0.200. The number of fused-ring (bicyclic) bond motifs is 1. The highest BCUT2D eigenvalue weighted by atomic mass is 19.1. The lowest BCUT2D eigenvalue weighted by molar-refractivity contribution is -0.113. The summed E-state index contributed by atoms with van der Waals surface area (Å²) in [6.45, 7) is 0.665. The van der Waals surface area contributed by atoms with Gasteiger partial charge in [0.25, 0.3) is 0 Å². The van der Waals surface area contributed by atoms with Gasteiger partial charge in [-0.1, -0.05) is 24.3 Å². The maximum Gasteiger partial charge on any atom is 0.353 e. The molecule has 0 saturated heterocycles. The van der Waals surface area contributed by atoms with E-state index in [-0.39, 0.29) is 57.8 Å². The van der Waals surface area contributed by atoms with Crippen LogP contribution < -0.4 is 0 Å². The number of carbonyl (C=O) groups is 2. The molecular formula is C25H21F2NO5. The third kappa shape index (κ3) is 3.99. The van der Waals surface area contributed by atoms with Crippen LogP contribution in [0.2, 0.25) is 0 Å². The Morgan fingerprint density at radius 1 is 1.18 bits per heavy atom. The van der Waals surface area contributed by atoms with Gasteiger partial charge >= 0.3 is 5.97 Å². The smallest absolute Gasteiger partial charge is 0.353 e. The van der Waals surface area contributed by atoms with Crippen LogP contribution in [-0.2, 0) is 11.3 Å². The first kappa shape index (κ1) is 22.6. The number of aromatic nitrogens is 1. The molecule has 0 saturated carbocycles. The number of allylic oxidation sites excluding steroid dienone is 4. The monoisotopic (exact) mass is 453 g/mol. The fourth-order valence-electron chi connectivity index (χ4n) is 4.10. The van der Waals surface area contributed by atoms with Crippen molar-refractivity contribution in [2.24, 2.45) is 0 Å². The average molecular weight is 453 g/mol. The molecule has 2 aromatic carbocycles. The summed E-state index contributed by atoms with van der Waals surface area (Å²) in [6, 6.07) is 6.41. The lowest BCUT2D eigenvalue weighted by Gasteiger charge is -2.14. The normalized spacial score (nSPS) is 14.6. The number of carboxylic acid groups (broad SMARTS) is 1. The highest BCUT2D eigenvalue weighted by Gasteiger charge is 2.29. The van der Waals surface area contributed by atoms with Gasteiger partial charge in [0.15, 0.2) is 5.78 Å². The largest absolute Gasteiger partial charge is 0.477 e.